The molecular weight excluding hydrogens is 536 g/mol. The van der Waals surface area contributed by atoms with Crippen LogP contribution in [0.1, 0.15) is 22.3 Å². The van der Waals surface area contributed by atoms with Crippen LogP contribution in [0, 0.1) is 36.5 Å². The summed E-state index contributed by atoms with van der Waals surface area (Å²) in [4.78, 5) is 0. The van der Waals surface area contributed by atoms with Crippen molar-refractivity contribution in [2.24, 2.45) is 0 Å². The Morgan fingerprint density at radius 2 is 1.05 bits per heavy atom. The smallest absolute Gasteiger partial charge is 0.101 e. The first-order valence-corrected chi connectivity index (χ1v) is 14.6. The van der Waals surface area contributed by atoms with E-state index in [4.69, 9.17) is 0 Å². The standard InChI is InChI=1S/C40H26N4/c1-25-14-16-37-33(18-25)30-10-3-5-12-35(30)43(37)39-22-32(28-9-7-8-27(20-28)23-41)40(21-29(39)24-42)44-36-13-6-4-11-31(36)34-19-26(2)15-17-38(34)44/h3-22H,1-2H3. The highest BCUT2D eigenvalue weighted by Gasteiger charge is 2.21. The van der Waals surface area contributed by atoms with Crippen LogP contribution in [0.2, 0.25) is 0 Å². The Bertz CT molecular complexity index is 2550. The Labute approximate surface area is 254 Å². The van der Waals surface area contributed by atoms with Crippen molar-refractivity contribution < 1.29 is 0 Å². The summed E-state index contributed by atoms with van der Waals surface area (Å²) >= 11 is 0. The summed E-state index contributed by atoms with van der Waals surface area (Å²) in [5.74, 6) is 0. The van der Waals surface area contributed by atoms with Crippen molar-refractivity contribution in [3.63, 3.8) is 0 Å². The minimum Gasteiger partial charge on any atom is -0.309 e. The van der Waals surface area contributed by atoms with Gasteiger partial charge in [0.25, 0.3) is 0 Å². The highest BCUT2D eigenvalue weighted by atomic mass is 15.0. The highest BCUT2D eigenvalue weighted by Crippen LogP contribution is 2.41. The van der Waals surface area contributed by atoms with E-state index in [1.165, 1.54) is 11.1 Å². The van der Waals surface area contributed by atoms with Crippen LogP contribution in [-0.4, -0.2) is 9.13 Å². The average molecular weight is 563 g/mol. The van der Waals surface area contributed by atoms with E-state index >= 15 is 0 Å². The number of nitriles is 2. The molecule has 0 fully saturated rings. The first kappa shape index (κ1) is 25.6. The zero-order valence-electron chi connectivity index (χ0n) is 24.3. The molecule has 2 heterocycles. The van der Waals surface area contributed by atoms with Crippen molar-refractivity contribution in [1.29, 1.82) is 10.5 Å². The van der Waals surface area contributed by atoms with Crippen molar-refractivity contribution in [3.05, 3.63) is 144 Å². The number of nitrogens with zero attached hydrogens (tertiary/aromatic N) is 4. The van der Waals surface area contributed by atoms with Crippen LogP contribution in [0.5, 0.6) is 0 Å². The molecule has 0 aliphatic heterocycles. The number of hydrogen-bond acceptors (Lipinski definition) is 2. The highest BCUT2D eigenvalue weighted by molar-refractivity contribution is 6.11. The molecule has 0 spiro atoms. The largest absolute Gasteiger partial charge is 0.309 e. The minimum atomic E-state index is 0.571. The van der Waals surface area contributed by atoms with E-state index in [2.05, 4.69) is 120 Å². The summed E-state index contributed by atoms with van der Waals surface area (Å²) in [6.07, 6.45) is 0. The number of benzene rings is 6. The lowest BCUT2D eigenvalue weighted by molar-refractivity contribution is 1.13. The van der Waals surface area contributed by atoms with Gasteiger partial charge in [-0.05, 0) is 80.1 Å². The molecule has 0 atom stereocenters. The van der Waals surface area contributed by atoms with E-state index in [9.17, 15) is 10.5 Å². The van der Waals surface area contributed by atoms with Gasteiger partial charge in [0, 0.05) is 27.1 Å². The Balaban J connectivity index is 1.54. The molecule has 0 saturated carbocycles. The fourth-order valence-corrected chi connectivity index (χ4v) is 6.72. The number of para-hydroxylation sites is 2. The molecule has 4 nitrogen and oxygen atoms in total. The molecule has 0 radical (unpaired) electrons. The van der Waals surface area contributed by atoms with Gasteiger partial charge in [-0.1, -0.05) is 71.8 Å². The molecule has 8 rings (SSSR count). The molecule has 4 heteroatoms. The SMILES string of the molecule is Cc1ccc2c(c1)c1ccccc1n2-c1cc(-c2cccc(C#N)c2)c(-n2c3ccccc3c3cc(C)ccc32)cc1C#N. The third-order valence-corrected chi connectivity index (χ3v) is 8.68. The summed E-state index contributed by atoms with van der Waals surface area (Å²) in [6, 6.07) is 46.5. The van der Waals surface area contributed by atoms with Crippen molar-refractivity contribution in [2.75, 3.05) is 0 Å². The Kier molecular flexibility index (Phi) is 5.66. The molecular formula is C40H26N4. The van der Waals surface area contributed by atoms with E-state index in [-0.39, 0.29) is 0 Å². The fourth-order valence-electron chi connectivity index (χ4n) is 6.72. The van der Waals surface area contributed by atoms with Crippen LogP contribution < -0.4 is 0 Å². The van der Waals surface area contributed by atoms with Crippen LogP contribution in [0.4, 0.5) is 0 Å². The minimum absolute atomic E-state index is 0.571. The van der Waals surface area contributed by atoms with E-state index in [1.807, 2.05) is 36.4 Å². The average Bonchev–Trinajstić information content (AvgIpc) is 3.56. The lowest BCUT2D eigenvalue weighted by Crippen LogP contribution is -2.04. The molecule has 0 amide bonds. The summed E-state index contributed by atoms with van der Waals surface area (Å²) < 4.78 is 4.47. The molecule has 0 aliphatic rings. The van der Waals surface area contributed by atoms with E-state index < -0.39 is 0 Å². The van der Waals surface area contributed by atoms with Gasteiger partial charge in [-0.3, -0.25) is 0 Å². The monoisotopic (exact) mass is 562 g/mol. The Morgan fingerprint density at radius 1 is 0.477 bits per heavy atom. The zero-order valence-corrected chi connectivity index (χ0v) is 24.3. The van der Waals surface area contributed by atoms with Crippen LogP contribution in [0.15, 0.2) is 121 Å². The van der Waals surface area contributed by atoms with Crippen molar-refractivity contribution >= 4 is 43.6 Å². The van der Waals surface area contributed by atoms with Crippen molar-refractivity contribution in [2.45, 2.75) is 13.8 Å². The van der Waals surface area contributed by atoms with Gasteiger partial charge in [0.15, 0.2) is 0 Å². The number of rotatable bonds is 3. The lowest BCUT2D eigenvalue weighted by atomic mass is 9.98. The maximum atomic E-state index is 10.7. The molecule has 8 aromatic rings. The molecule has 0 unspecified atom stereocenters. The first-order chi connectivity index (χ1) is 21.6. The molecule has 0 saturated heterocycles. The zero-order chi connectivity index (χ0) is 29.9. The number of hydrogen-bond donors (Lipinski definition) is 0. The summed E-state index contributed by atoms with van der Waals surface area (Å²) in [7, 11) is 0. The van der Waals surface area contributed by atoms with Crippen molar-refractivity contribution in [1.82, 2.24) is 9.13 Å². The molecule has 0 aliphatic carbocycles. The predicted octanol–water partition coefficient (Wildman–Crippen LogP) is 9.91. The maximum Gasteiger partial charge on any atom is 0.101 e. The predicted molar refractivity (Wildman–Crippen MR) is 179 cm³/mol. The van der Waals surface area contributed by atoms with Gasteiger partial charge in [-0.15, -0.1) is 0 Å². The quantitative estimate of drug-likeness (QED) is 0.215. The molecule has 206 valence electrons. The summed E-state index contributed by atoms with van der Waals surface area (Å²) in [5, 5.41) is 25.1. The van der Waals surface area contributed by atoms with Crippen molar-refractivity contribution in [3.8, 4) is 34.6 Å². The summed E-state index contributed by atoms with van der Waals surface area (Å²) in [5.41, 5.74) is 11.3. The third kappa shape index (κ3) is 3.76. The fraction of sp³-hybridized carbons (Fsp3) is 0.0500. The Hall–Kier alpha value is -6.10. The Morgan fingerprint density at radius 3 is 1.64 bits per heavy atom. The van der Waals surface area contributed by atoms with Gasteiger partial charge in [0.1, 0.15) is 6.07 Å². The van der Waals surface area contributed by atoms with Gasteiger partial charge < -0.3 is 9.13 Å². The van der Waals surface area contributed by atoms with Crippen LogP contribution in [0.25, 0.3) is 66.1 Å². The second-order valence-electron chi connectivity index (χ2n) is 11.4. The molecule has 0 N–H and O–H groups in total. The van der Waals surface area contributed by atoms with Gasteiger partial charge in [-0.2, -0.15) is 10.5 Å². The molecule has 6 aromatic carbocycles. The topological polar surface area (TPSA) is 57.4 Å². The normalized spacial score (nSPS) is 11.4. The second-order valence-corrected chi connectivity index (χ2v) is 11.4. The van der Waals surface area contributed by atoms with Crippen LogP contribution >= 0.6 is 0 Å². The van der Waals surface area contributed by atoms with Gasteiger partial charge >= 0.3 is 0 Å². The lowest BCUT2D eigenvalue weighted by Gasteiger charge is -2.19. The maximum absolute atomic E-state index is 10.7. The number of fused-ring (bicyclic) bond motifs is 6. The van der Waals surface area contributed by atoms with Gasteiger partial charge in [0.2, 0.25) is 0 Å². The van der Waals surface area contributed by atoms with Gasteiger partial charge in [0.05, 0.1) is 50.6 Å². The first-order valence-electron chi connectivity index (χ1n) is 14.6. The number of aromatic nitrogens is 2. The molecule has 0 bridgehead atoms. The van der Waals surface area contributed by atoms with Crippen LogP contribution in [-0.2, 0) is 0 Å². The van der Waals surface area contributed by atoms with E-state index in [1.54, 1.807) is 0 Å². The van der Waals surface area contributed by atoms with Crippen LogP contribution in [0.3, 0.4) is 0 Å². The second kappa shape index (κ2) is 9.73. The summed E-state index contributed by atoms with van der Waals surface area (Å²) in [6.45, 7) is 4.22. The van der Waals surface area contributed by atoms with Gasteiger partial charge in [-0.25, -0.2) is 0 Å². The molecule has 2 aromatic heterocycles. The number of aryl methyl sites for hydroxylation is 2. The third-order valence-electron chi connectivity index (χ3n) is 8.68. The van der Waals surface area contributed by atoms with E-state index in [0.717, 1.165) is 66.1 Å². The molecule has 44 heavy (non-hydrogen) atoms. The van der Waals surface area contributed by atoms with E-state index in [0.29, 0.717) is 11.1 Å².